The number of aliphatic hydroxyl groups is 1. The molecule has 2 aliphatic rings. The monoisotopic (exact) mass is 395 g/mol. The fourth-order valence-corrected chi connectivity index (χ4v) is 5.05. The Bertz CT molecular complexity index is 948. The molecule has 1 aliphatic carbocycles. The Morgan fingerprint density at radius 2 is 2.11 bits per heavy atom. The van der Waals surface area contributed by atoms with Gasteiger partial charge in [0, 0.05) is 23.8 Å². The first kappa shape index (κ1) is 18.7. The van der Waals surface area contributed by atoms with Crippen LogP contribution in [0.3, 0.4) is 0 Å². The number of hydrogen-bond acceptors (Lipinski definition) is 5. The molecule has 7 heteroatoms. The molecule has 4 rings (SSSR count). The van der Waals surface area contributed by atoms with Crippen molar-refractivity contribution in [2.45, 2.75) is 31.7 Å². The predicted molar refractivity (Wildman–Crippen MR) is 106 cm³/mol. The van der Waals surface area contributed by atoms with E-state index in [-0.39, 0.29) is 36.7 Å². The molecule has 28 heavy (non-hydrogen) atoms. The van der Waals surface area contributed by atoms with Crippen LogP contribution in [0.4, 0.5) is 5.00 Å². The first-order chi connectivity index (χ1) is 13.6. The summed E-state index contributed by atoms with van der Waals surface area (Å²) in [6, 6.07) is 12.2. The Labute approximate surface area is 167 Å². The van der Waals surface area contributed by atoms with E-state index in [9.17, 15) is 14.9 Å². The molecule has 2 atom stereocenters. The van der Waals surface area contributed by atoms with Gasteiger partial charge in [0.15, 0.2) is 0 Å². The number of nitrogens with zero attached hydrogens (tertiary/aromatic N) is 2. The molecule has 6 nitrogen and oxygen atoms in total. The third-order valence-electron chi connectivity index (χ3n) is 5.44. The van der Waals surface area contributed by atoms with Crippen molar-refractivity contribution >= 4 is 28.2 Å². The fourth-order valence-electron chi connectivity index (χ4n) is 3.83. The molecule has 1 aromatic carbocycles. The third kappa shape index (κ3) is 3.53. The van der Waals surface area contributed by atoms with E-state index in [0.29, 0.717) is 30.1 Å². The van der Waals surface area contributed by atoms with Gasteiger partial charge >= 0.3 is 0 Å². The minimum absolute atomic E-state index is 0.0443. The molecular weight excluding hydrogens is 374 g/mol. The van der Waals surface area contributed by atoms with Crippen LogP contribution in [-0.2, 0) is 22.6 Å². The van der Waals surface area contributed by atoms with Gasteiger partial charge in [0.2, 0.25) is 11.8 Å². The Balaban J connectivity index is 1.47. The van der Waals surface area contributed by atoms with Crippen molar-refractivity contribution in [1.82, 2.24) is 4.90 Å². The molecule has 2 unspecified atom stereocenters. The van der Waals surface area contributed by atoms with E-state index >= 15 is 0 Å². The molecule has 0 saturated heterocycles. The summed E-state index contributed by atoms with van der Waals surface area (Å²) >= 11 is 1.39. The molecule has 0 radical (unpaired) electrons. The standard InChI is InChI=1S/C21H21N3O3S/c22-11-17-14-6-8-24(19(26)7-9-25)12-18(14)28-21(17)23-20(27)16-10-15(16)13-4-2-1-3-5-13/h1-5,15-16,25H,6-10,12H2,(H,23,27). The van der Waals surface area contributed by atoms with E-state index in [1.165, 1.54) is 16.9 Å². The highest BCUT2D eigenvalue weighted by molar-refractivity contribution is 7.16. The van der Waals surface area contributed by atoms with Crippen molar-refractivity contribution in [3.63, 3.8) is 0 Å². The number of carbonyl (C=O) groups is 2. The van der Waals surface area contributed by atoms with Crippen molar-refractivity contribution in [3.8, 4) is 6.07 Å². The summed E-state index contributed by atoms with van der Waals surface area (Å²) < 4.78 is 0. The molecule has 2 amide bonds. The number of fused-ring (bicyclic) bond motifs is 1. The Kier molecular flexibility index (Phi) is 5.16. The third-order valence-corrected chi connectivity index (χ3v) is 6.57. The molecule has 1 aliphatic heterocycles. The molecule has 1 fully saturated rings. The summed E-state index contributed by atoms with van der Waals surface area (Å²) in [6.45, 7) is 0.796. The van der Waals surface area contributed by atoms with E-state index in [2.05, 4.69) is 11.4 Å². The number of hydrogen-bond donors (Lipinski definition) is 2. The molecular formula is C21H21N3O3S. The van der Waals surface area contributed by atoms with E-state index in [1.54, 1.807) is 4.90 Å². The zero-order valence-electron chi connectivity index (χ0n) is 15.4. The highest BCUT2D eigenvalue weighted by Crippen LogP contribution is 2.48. The SMILES string of the molecule is N#Cc1c(NC(=O)C2CC2c2ccccc2)sc2c1CCN(C(=O)CCO)C2. The Morgan fingerprint density at radius 1 is 1.32 bits per heavy atom. The minimum atomic E-state index is -0.165. The number of nitrogens with one attached hydrogen (secondary N) is 1. The molecule has 0 spiro atoms. The van der Waals surface area contributed by atoms with Gasteiger partial charge in [0.1, 0.15) is 11.1 Å². The first-order valence-electron chi connectivity index (χ1n) is 9.41. The summed E-state index contributed by atoms with van der Waals surface area (Å²) in [6.07, 6.45) is 1.53. The van der Waals surface area contributed by atoms with Crippen molar-refractivity contribution < 1.29 is 14.7 Å². The summed E-state index contributed by atoms with van der Waals surface area (Å²) in [5, 5.41) is 22.1. The number of nitriles is 1. The zero-order chi connectivity index (χ0) is 19.7. The molecule has 1 saturated carbocycles. The zero-order valence-corrected chi connectivity index (χ0v) is 16.2. The van der Waals surface area contributed by atoms with Crippen LogP contribution >= 0.6 is 11.3 Å². The van der Waals surface area contributed by atoms with Crippen LogP contribution in [0.25, 0.3) is 0 Å². The number of amides is 2. The highest BCUT2D eigenvalue weighted by Gasteiger charge is 2.44. The lowest BCUT2D eigenvalue weighted by molar-refractivity contribution is -0.132. The molecule has 2 heterocycles. The van der Waals surface area contributed by atoms with Crippen LogP contribution in [0.1, 0.15) is 40.3 Å². The summed E-state index contributed by atoms with van der Waals surface area (Å²) in [7, 11) is 0. The van der Waals surface area contributed by atoms with Gasteiger partial charge in [-0.15, -0.1) is 11.3 Å². The van der Waals surface area contributed by atoms with Crippen molar-refractivity contribution in [3.05, 3.63) is 51.9 Å². The van der Waals surface area contributed by atoms with Crippen LogP contribution in [0.15, 0.2) is 30.3 Å². The second-order valence-corrected chi connectivity index (χ2v) is 8.31. The summed E-state index contributed by atoms with van der Waals surface area (Å²) in [5.41, 5.74) is 2.64. The van der Waals surface area contributed by atoms with Crippen molar-refractivity contribution in [2.24, 2.45) is 5.92 Å². The maximum atomic E-state index is 12.7. The molecule has 0 bridgehead atoms. The van der Waals surface area contributed by atoms with Gasteiger partial charge in [0.05, 0.1) is 18.7 Å². The number of rotatable bonds is 5. The smallest absolute Gasteiger partial charge is 0.228 e. The van der Waals surface area contributed by atoms with E-state index in [1.807, 2.05) is 30.3 Å². The average molecular weight is 395 g/mol. The largest absolute Gasteiger partial charge is 0.396 e. The number of aliphatic hydroxyl groups excluding tert-OH is 1. The lowest BCUT2D eigenvalue weighted by atomic mass is 10.0. The summed E-state index contributed by atoms with van der Waals surface area (Å²) in [4.78, 5) is 27.4. The first-order valence-corrected chi connectivity index (χ1v) is 10.2. The number of carbonyl (C=O) groups excluding carboxylic acids is 2. The Morgan fingerprint density at radius 3 is 2.82 bits per heavy atom. The topological polar surface area (TPSA) is 93.4 Å². The number of benzene rings is 1. The van der Waals surface area contributed by atoms with Crippen LogP contribution in [-0.4, -0.2) is 35.0 Å². The van der Waals surface area contributed by atoms with E-state index in [0.717, 1.165) is 16.9 Å². The maximum Gasteiger partial charge on any atom is 0.228 e. The van der Waals surface area contributed by atoms with Gasteiger partial charge in [-0.1, -0.05) is 30.3 Å². The van der Waals surface area contributed by atoms with Gasteiger partial charge in [-0.2, -0.15) is 5.26 Å². The maximum absolute atomic E-state index is 12.7. The molecule has 2 N–H and O–H groups in total. The van der Waals surface area contributed by atoms with Crippen LogP contribution in [0, 0.1) is 17.2 Å². The quantitative estimate of drug-likeness (QED) is 0.814. The van der Waals surface area contributed by atoms with Crippen molar-refractivity contribution in [1.29, 1.82) is 5.26 Å². The number of thiophene rings is 1. The van der Waals surface area contributed by atoms with Gasteiger partial charge in [0.25, 0.3) is 0 Å². The lowest BCUT2D eigenvalue weighted by Gasteiger charge is -2.26. The molecule has 1 aromatic heterocycles. The van der Waals surface area contributed by atoms with Crippen LogP contribution in [0.2, 0.25) is 0 Å². The van der Waals surface area contributed by atoms with Crippen LogP contribution < -0.4 is 5.32 Å². The van der Waals surface area contributed by atoms with Gasteiger partial charge in [-0.3, -0.25) is 9.59 Å². The van der Waals surface area contributed by atoms with Gasteiger partial charge in [-0.25, -0.2) is 0 Å². The average Bonchev–Trinajstić information content (AvgIpc) is 3.44. The predicted octanol–water partition coefficient (Wildman–Crippen LogP) is 2.63. The van der Waals surface area contributed by atoms with Gasteiger partial charge < -0.3 is 15.3 Å². The minimum Gasteiger partial charge on any atom is -0.396 e. The lowest BCUT2D eigenvalue weighted by Crippen LogP contribution is -2.35. The normalized spacial score (nSPS) is 20.2. The molecule has 144 valence electrons. The fraction of sp³-hybridized carbons (Fsp3) is 0.381. The Hall–Kier alpha value is -2.69. The summed E-state index contributed by atoms with van der Waals surface area (Å²) in [5.74, 6) is 0.0510. The second-order valence-electron chi connectivity index (χ2n) is 7.21. The highest BCUT2D eigenvalue weighted by atomic mass is 32.1. The number of anilines is 1. The van der Waals surface area contributed by atoms with Gasteiger partial charge in [-0.05, 0) is 29.9 Å². The van der Waals surface area contributed by atoms with E-state index in [4.69, 9.17) is 5.11 Å². The second kappa shape index (κ2) is 7.74. The van der Waals surface area contributed by atoms with Crippen molar-refractivity contribution in [2.75, 3.05) is 18.5 Å². The van der Waals surface area contributed by atoms with E-state index < -0.39 is 0 Å². The van der Waals surface area contributed by atoms with Crippen LogP contribution in [0.5, 0.6) is 0 Å². The molecule has 2 aromatic rings.